The van der Waals surface area contributed by atoms with Crippen LogP contribution in [0, 0.1) is 0 Å². The molecule has 0 aromatic heterocycles. The Bertz CT molecular complexity index is 659. The van der Waals surface area contributed by atoms with E-state index in [1.165, 1.54) is 21.1 Å². The number of hydrogen-bond acceptors (Lipinski definition) is 5. The summed E-state index contributed by atoms with van der Waals surface area (Å²) in [5.41, 5.74) is -1.11. The maximum Gasteiger partial charge on any atom is 0.351 e. The fourth-order valence-corrected chi connectivity index (χ4v) is 2.55. The SMILES string of the molecule is COc1ccc(CN2C(=O)CC2(NC(C)=O)C(=O)O)c(OC)c1. The van der Waals surface area contributed by atoms with Crippen LogP contribution in [0.4, 0.5) is 0 Å². The number of nitrogens with one attached hydrogen (secondary N) is 1. The van der Waals surface area contributed by atoms with Gasteiger partial charge in [0.05, 0.1) is 27.2 Å². The van der Waals surface area contributed by atoms with Crippen molar-refractivity contribution in [1.29, 1.82) is 0 Å². The van der Waals surface area contributed by atoms with E-state index in [1.54, 1.807) is 18.2 Å². The molecule has 1 aromatic rings. The molecule has 0 radical (unpaired) electrons. The maximum absolute atomic E-state index is 11.9. The van der Waals surface area contributed by atoms with E-state index in [-0.39, 0.29) is 18.9 Å². The van der Waals surface area contributed by atoms with E-state index in [0.29, 0.717) is 17.1 Å². The zero-order valence-corrected chi connectivity index (χ0v) is 13.1. The standard InChI is InChI=1S/C15H18N2O6/c1-9(18)16-15(14(20)21)7-13(19)17(15)8-10-4-5-11(22-2)6-12(10)23-3/h4-6H,7-8H2,1-3H3,(H,16,18)(H,20,21). The molecule has 1 atom stereocenters. The van der Waals surface area contributed by atoms with Crippen LogP contribution in [0.1, 0.15) is 18.9 Å². The monoisotopic (exact) mass is 322 g/mol. The highest BCUT2D eigenvalue weighted by molar-refractivity contribution is 6.00. The molecule has 1 aliphatic heterocycles. The van der Waals surface area contributed by atoms with Crippen molar-refractivity contribution in [3.05, 3.63) is 23.8 Å². The van der Waals surface area contributed by atoms with Gasteiger partial charge in [-0.05, 0) is 12.1 Å². The highest BCUT2D eigenvalue weighted by Crippen LogP contribution is 2.34. The summed E-state index contributed by atoms with van der Waals surface area (Å²) in [6.07, 6.45) is -0.277. The average molecular weight is 322 g/mol. The molecule has 8 nitrogen and oxygen atoms in total. The van der Waals surface area contributed by atoms with Gasteiger partial charge in [0, 0.05) is 18.6 Å². The molecule has 1 unspecified atom stereocenters. The van der Waals surface area contributed by atoms with Gasteiger partial charge in [0.15, 0.2) is 0 Å². The minimum atomic E-state index is -1.71. The molecule has 1 aromatic carbocycles. The number of rotatable bonds is 6. The topological polar surface area (TPSA) is 105 Å². The van der Waals surface area contributed by atoms with Gasteiger partial charge in [0.1, 0.15) is 11.5 Å². The van der Waals surface area contributed by atoms with Gasteiger partial charge in [-0.3, -0.25) is 9.59 Å². The molecule has 1 saturated heterocycles. The lowest BCUT2D eigenvalue weighted by molar-refractivity contribution is -0.182. The number of nitrogens with zero attached hydrogens (tertiary/aromatic N) is 1. The minimum Gasteiger partial charge on any atom is -0.497 e. The Hall–Kier alpha value is -2.77. The summed E-state index contributed by atoms with van der Waals surface area (Å²) in [6.45, 7) is 1.21. The van der Waals surface area contributed by atoms with E-state index < -0.39 is 17.5 Å². The third-order valence-corrected chi connectivity index (χ3v) is 3.73. The summed E-state index contributed by atoms with van der Waals surface area (Å²) in [4.78, 5) is 35.9. The van der Waals surface area contributed by atoms with Crippen molar-refractivity contribution in [1.82, 2.24) is 10.2 Å². The molecule has 0 saturated carbocycles. The summed E-state index contributed by atoms with van der Waals surface area (Å²) in [7, 11) is 2.98. The molecule has 23 heavy (non-hydrogen) atoms. The predicted octanol–water partition coefficient (Wildman–Crippen LogP) is 0.353. The first-order valence-electron chi connectivity index (χ1n) is 6.87. The summed E-state index contributed by atoms with van der Waals surface area (Å²) < 4.78 is 10.3. The zero-order valence-electron chi connectivity index (χ0n) is 13.1. The van der Waals surface area contributed by atoms with E-state index in [9.17, 15) is 19.5 Å². The number of amides is 2. The molecule has 1 fully saturated rings. The Kier molecular flexibility index (Phi) is 4.44. The second kappa shape index (κ2) is 6.15. The number of β-lactam (4-membered cyclic amide) rings is 1. The van der Waals surface area contributed by atoms with Crippen molar-refractivity contribution in [2.75, 3.05) is 14.2 Å². The summed E-state index contributed by atoms with van der Waals surface area (Å²) in [6, 6.07) is 5.01. The Morgan fingerprint density at radius 2 is 2.04 bits per heavy atom. The lowest BCUT2D eigenvalue weighted by Gasteiger charge is -2.48. The Morgan fingerprint density at radius 1 is 1.35 bits per heavy atom. The van der Waals surface area contributed by atoms with Gasteiger partial charge >= 0.3 is 5.97 Å². The van der Waals surface area contributed by atoms with Gasteiger partial charge in [-0.1, -0.05) is 0 Å². The Labute approximate surface area is 133 Å². The molecule has 124 valence electrons. The molecule has 1 aliphatic rings. The molecule has 1 heterocycles. The van der Waals surface area contributed by atoms with E-state index in [4.69, 9.17) is 9.47 Å². The molecule has 2 rings (SSSR count). The van der Waals surface area contributed by atoms with E-state index in [2.05, 4.69) is 5.32 Å². The van der Waals surface area contributed by atoms with Crippen molar-refractivity contribution >= 4 is 17.8 Å². The van der Waals surface area contributed by atoms with Crippen LogP contribution in [0.15, 0.2) is 18.2 Å². The average Bonchev–Trinajstić information content (AvgIpc) is 2.51. The first-order valence-corrected chi connectivity index (χ1v) is 6.87. The number of methoxy groups -OCH3 is 2. The second-order valence-electron chi connectivity index (χ2n) is 5.18. The quantitative estimate of drug-likeness (QED) is 0.732. The highest BCUT2D eigenvalue weighted by atomic mass is 16.5. The number of carbonyl (C=O) groups excluding carboxylic acids is 2. The molecular weight excluding hydrogens is 304 g/mol. The summed E-state index contributed by atoms with van der Waals surface area (Å²) >= 11 is 0. The summed E-state index contributed by atoms with van der Waals surface area (Å²) in [5, 5.41) is 11.8. The minimum absolute atomic E-state index is 0.00141. The van der Waals surface area contributed by atoms with Crippen LogP contribution in [-0.4, -0.2) is 47.7 Å². The van der Waals surface area contributed by atoms with Gasteiger partial charge in [-0.25, -0.2) is 4.79 Å². The van der Waals surface area contributed by atoms with E-state index in [0.717, 1.165) is 4.90 Å². The second-order valence-corrected chi connectivity index (χ2v) is 5.18. The van der Waals surface area contributed by atoms with Gasteiger partial charge in [0.2, 0.25) is 17.5 Å². The number of aliphatic carboxylic acids is 1. The molecule has 0 bridgehead atoms. The molecule has 2 amide bonds. The first kappa shape index (κ1) is 16.6. The van der Waals surface area contributed by atoms with Crippen molar-refractivity contribution in [3.63, 3.8) is 0 Å². The number of carbonyl (C=O) groups is 3. The highest BCUT2D eigenvalue weighted by Gasteiger charge is 2.58. The number of ether oxygens (including phenoxy) is 2. The molecule has 2 N–H and O–H groups in total. The Morgan fingerprint density at radius 3 is 2.52 bits per heavy atom. The van der Waals surface area contributed by atoms with Gasteiger partial charge in [-0.15, -0.1) is 0 Å². The van der Waals surface area contributed by atoms with Crippen LogP contribution in [0.2, 0.25) is 0 Å². The fraction of sp³-hybridized carbons (Fsp3) is 0.400. The van der Waals surface area contributed by atoms with Crippen LogP contribution in [0.5, 0.6) is 11.5 Å². The number of carboxylic acids is 1. The first-order chi connectivity index (χ1) is 10.8. The predicted molar refractivity (Wildman–Crippen MR) is 78.9 cm³/mol. The Balaban J connectivity index is 2.32. The number of carboxylic acid groups (broad SMARTS) is 1. The lowest BCUT2D eigenvalue weighted by atomic mass is 9.91. The molecule has 0 aliphatic carbocycles. The zero-order chi connectivity index (χ0) is 17.2. The third-order valence-electron chi connectivity index (χ3n) is 3.73. The molecular formula is C15H18N2O6. The van der Waals surface area contributed by atoms with Gasteiger partial charge in [-0.2, -0.15) is 0 Å². The third kappa shape index (κ3) is 2.92. The number of likely N-dealkylation sites (tertiary alicyclic amines) is 1. The van der Waals surface area contributed by atoms with Crippen molar-refractivity contribution in [3.8, 4) is 11.5 Å². The molecule has 0 spiro atoms. The summed E-state index contributed by atoms with van der Waals surface area (Å²) in [5.74, 6) is -1.12. The maximum atomic E-state index is 11.9. The van der Waals surface area contributed by atoms with Crippen molar-refractivity contribution in [2.45, 2.75) is 25.6 Å². The molecule has 8 heteroatoms. The van der Waals surface area contributed by atoms with Crippen LogP contribution in [0.25, 0.3) is 0 Å². The van der Waals surface area contributed by atoms with Gasteiger partial charge in [0.25, 0.3) is 0 Å². The van der Waals surface area contributed by atoms with Crippen molar-refractivity contribution < 1.29 is 29.0 Å². The normalized spacial score (nSPS) is 19.8. The van der Waals surface area contributed by atoms with Crippen LogP contribution in [0.3, 0.4) is 0 Å². The smallest absolute Gasteiger partial charge is 0.351 e. The van der Waals surface area contributed by atoms with Crippen LogP contribution >= 0.6 is 0 Å². The van der Waals surface area contributed by atoms with Gasteiger partial charge < -0.3 is 24.8 Å². The number of hydrogen-bond donors (Lipinski definition) is 2. The van der Waals surface area contributed by atoms with Crippen LogP contribution < -0.4 is 14.8 Å². The number of benzene rings is 1. The van der Waals surface area contributed by atoms with Crippen molar-refractivity contribution in [2.24, 2.45) is 0 Å². The van der Waals surface area contributed by atoms with Crippen LogP contribution in [-0.2, 0) is 20.9 Å². The lowest BCUT2D eigenvalue weighted by Crippen LogP contribution is -2.75. The largest absolute Gasteiger partial charge is 0.497 e. The van der Waals surface area contributed by atoms with E-state index in [1.807, 2.05) is 0 Å². The van der Waals surface area contributed by atoms with E-state index >= 15 is 0 Å². The fourth-order valence-electron chi connectivity index (χ4n) is 2.55.